The zero-order valence-corrected chi connectivity index (χ0v) is 7.39. The number of benzene rings is 1. The van der Waals surface area contributed by atoms with Crippen LogP contribution in [0.25, 0.3) is 0 Å². The number of hydrogen-bond donors (Lipinski definition) is 0. The van der Waals surface area contributed by atoms with Gasteiger partial charge in [-0.25, -0.2) is 0 Å². The number of hydrogen-bond acceptors (Lipinski definition) is 0. The molecule has 1 aromatic carbocycles. The maximum absolute atomic E-state index is 7.47. The Kier molecular flexibility index (Phi) is 1.12. The molecule has 0 fully saturated rings. The summed E-state index contributed by atoms with van der Waals surface area (Å²) >= 11 is 0. The van der Waals surface area contributed by atoms with E-state index in [4.69, 9.17) is 4.11 Å². The first kappa shape index (κ1) is 4.34. The molecule has 0 aromatic heterocycles. The fourth-order valence-corrected chi connectivity index (χ4v) is 1.88. The highest BCUT2D eigenvalue weighted by molar-refractivity contribution is 6.88. The van der Waals surface area contributed by atoms with E-state index in [2.05, 4.69) is 0 Å². The zero-order valence-electron chi connectivity index (χ0n) is 9.39. The van der Waals surface area contributed by atoms with Crippen molar-refractivity contribution >= 4 is 13.3 Å². The van der Waals surface area contributed by atoms with Gasteiger partial charge in [-0.3, -0.25) is 0 Å². The second kappa shape index (κ2) is 2.58. The Morgan fingerprint density at radius 1 is 1.20 bits per heavy atom. The fourth-order valence-electron chi connectivity index (χ4n) is 0.855. The van der Waals surface area contributed by atoms with Crippen LogP contribution >= 0.6 is 0 Å². The van der Waals surface area contributed by atoms with E-state index in [9.17, 15) is 0 Å². The van der Waals surface area contributed by atoms with Crippen LogP contribution in [0.3, 0.4) is 0 Å². The largest absolute Gasteiger partial charge is 0.0775 e. The van der Waals surface area contributed by atoms with Crippen molar-refractivity contribution in [1.29, 1.82) is 0 Å². The van der Waals surface area contributed by atoms with Gasteiger partial charge in [0.2, 0.25) is 0 Å². The van der Waals surface area contributed by atoms with E-state index in [0.29, 0.717) is 0 Å². The fraction of sp³-hybridized carbons (Fsp3) is 0.333. The maximum Gasteiger partial charge on any atom is 0.0775 e. The molecule has 0 spiro atoms. The van der Waals surface area contributed by atoms with Gasteiger partial charge in [0.25, 0.3) is 0 Å². The van der Waals surface area contributed by atoms with Gasteiger partial charge in [-0.1, -0.05) is 55.1 Å². The smallest absolute Gasteiger partial charge is 0.0656 e. The van der Waals surface area contributed by atoms with Crippen molar-refractivity contribution in [2.45, 2.75) is 19.6 Å². The van der Waals surface area contributed by atoms with E-state index in [1.165, 1.54) is 0 Å². The molecule has 0 N–H and O–H groups in total. The van der Waals surface area contributed by atoms with Gasteiger partial charge < -0.3 is 0 Å². The van der Waals surface area contributed by atoms with E-state index in [1.54, 1.807) is 0 Å². The van der Waals surface area contributed by atoms with Crippen LogP contribution in [-0.2, 0) is 0 Å². The van der Waals surface area contributed by atoms with Crippen molar-refractivity contribution < 1.29 is 4.11 Å². The van der Waals surface area contributed by atoms with Gasteiger partial charge in [0, 0.05) is 4.11 Å². The highest BCUT2D eigenvalue weighted by atomic mass is 28.3. The van der Waals surface area contributed by atoms with Crippen LogP contribution in [0.2, 0.25) is 19.6 Å². The molecule has 0 atom stereocenters. The van der Waals surface area contributed by atoms with Gasteiger partial charge in [-0.15, -0.1) is 0 Å². The Hall–Kier alpha value is -0.563. The van der Waals surface area contributed by atoms with Gasteiger partial charge in [-0.2, -0.15) is 0 Å². The molecule has 1 aromatic rings. The predicted molar refractivity (Wildman–Crippen MR) is 49.4 cm³/mol. The molecule has 0 aliphatic rings. The van der Waals surface area contributed by atoms with Gasteiger partial charge in [-0.05, 0) is 0 Å². The van der Waals surface area contributed by atoms with Crippen molar-refractivity contribution in [3.63, 3.8) is 0 Å². The third kappa shape index (κ3) is 1.71. The zero-order chi connectivity index (χ0) is 10.1. The molecule has 0 amide bonds. The van der Waals surface area contributed by atoms with Crippen molar-refractivity contribution in [1.82, 2.24) is 0 Å². The SMILES string of the molecule is [2H]C([2H])([2H])[Si](C)(C)c1ccccc1. The Balaban J connectivity index is 3.08. The molecule has 0 radical (unpaired) electrons. The Bertz CT molecular complexity index is 277. The molecule has 0 bridgehead atoms. The molecule has 0 unspecified atom stereocenters. The molecule has 10 heavy (non-hydrogen) atoms. The van der Waals surface area contributed by atoms with Crippen LogP contribution in [0.4, 0.5) is 0 Å². The molecule has 0 aliphatic heterocycles. The van der Waals surface area contributed by atoms with Crippen LogP contribution in [-0.4, -0.2) is 8.07 Å². The summed E-state index contributed by atoms with van der Waals surface area (Å²) in [7, 11) is -2.28. The molecule has 0 saturated carbocycles. The van der Waals surface area contributed by atoms with E-state index in [0.717, 1.165) is 5.19 Å². The van der Waals surface area contributed by atoms with E-state index in [-0.39, 0.29) is 0 Å². The summed E-state index contributed by atoms with van der Waals surface area (Å²) in [5.74, 6) is 0. The molecule has 1 heteroatoms. The highest BCUT2D eigenvalue weighted by Gasteiger charge is 2.14. The van der Waals surface area contributed by atoms with Crippen LogP contribution in [0.15, 0.2) is 30.3 Å². The first-order chi connectivity index (χ1) is 5.86. The summed E-state index contributed by atoms with van der Waals surface area (Å²) in [4.78, 5) is 0. The average Bonchev–Trinajstić information content (AvgIpc) is 2.04. The van der Waals surface area contributed by atoms with Crippen LogP contribution in [0.1, 0.15) is 4.11 Å². The summed E-state index contributed by atoms with van der Waals surface area (Å²) in [6.45, 7) is 1.96. The lowest BCUT2D eigenvalue weighted by Gasteiger charge is -2.15. The Labute approximate surface area is 68.1 Å². The standard InChI is InChI=1S/C9H14Si/c1-10(2,3)9-7-5-4-6-8-9/h4-8H,1-3H3/i1D3. The van der Waals surface area contributed by atoms with E-state index >= 15 is 0 Å². The summed E-state index contributed by atoms with van der Waals surface area (Å²) < 4.78 is 22.4. The highest BCUT2D eigenvalue weighted by Crippen LogP contribution is 2.00. The van der Waals surface area contributed by atoms with Crippen LogP contribution in [0, 0.1) is 0 Å². The van der Waals surface area contributed by atoms with E-state index in [1.807, 2.05) is 43.4 Å². The van der Waals surface area contributed by atoms with Crippen molar-refractivity contribution in [2.24, 2.45) is 0 Å². The molecule has 0 aliphatic carbocycles. The summed E-state index contributed by atoms with van der Waals surface area (Å²) in [6, 6.07) is 9.54. The molecule has 1 rings (SSSR count). The lowest BCUT2D eigenvalue weighted by molar-refractivity contribution is 1.68. The summed E-state index contributed by atoms with van der Waals surface area (Å²) in [5, 5.41) is 0.995. The van der Waals surface area contributed by atoms with Crippen LogP contribution in [0.5, 0.6) is 0 Å². The minimum atomic E-state index is -2.28. The third-order valence-electron chi connectivity index (χ3n) is 1.50. The average molecular weight is 153 g/mol. The second-order valence-corrected chi connectivity index (χ2v) is 6.82. The molecular weight excluding hydrogens is 136 g/mol. The molecule has 0 saturated heterocycles. The van der Waals surface area contributed by atoms with Crippen molar-refractivity contribution in [3.8, 4) is 0 Å². The van der Waals surface area contributed by atoms with Crippen LogP contribution < -0.4 is 5.19 Å². The third-order valence-corrected chi connectivity index (χ3v) is 3.27. The first-order valence-electron chi connectivity index (χ1n) is 4.91. The minimum Gasteiger partial charge on any atom is -0.0656 e. The first-order valence-corrected chi connectivity index (χ1v) is 6.41. The predicted octanol–water partition coefficient (Wildman–Crippen LogP) is 2.23. The Morgan fingerprint density at radius 2 is 1.80 bits per heavy atom. The quantitative estimate of drug-likeness (QED) is 0.543. The van der Waals surface area contributed by atoms with Crippen molar-refractivity contribution in [2.75, 3.05) is 0 Å². The summed E-state index contributed by atoms with van der Waals surface area (Å²) in [5.41, 5.74) is 0. The molecule has 54 valence electrons. The van der Waals surface area contributed by atoms with Gasteiger partial charge in [0.1, 0.15) is 0 Å². The lowest BCUT2D eigenvalue weighted by atomic mass is 10.4. The van der Waals surface area contributed by atoms with Gasteiger partial charge in [0.05, 0.1) is 8.07 Å². The topological polar surface area (TPSA) is 0 Å². The van der Waals surface area contributed by atoms with E-state index < -0.39 is 14.5 Å². The molecule has 0 heterocycles. The monoisotopic (exact) mass is 153 g/mol. The maximum atomic E-state index is 7.47. The summed E-state index contributed by atoms with van der Waals surface area (Å²) in [6.07, 6.45) is 0. The van der Waals surface area contributed by atoms with Gasteiger partial charge in [0.15, 0.2) is 0 Å². The normalized spacial score (nSPS) is 17.2. The second-order valence-electron chi connectivity index (χ2n) is 2.99. The lowest BCUT2D eigenvalue weighted by Crippen LogP contribution is -2.37. The Morgan fingerprint density at radius 3 is 2.30 bits per heavy atom. The number of rotatable bonds is 1. The minimum absolute atomic E-state index is 0.995. The molecular formula is C9H14Si. The van der Waals surface area contributed by atoms with Gasteiger partial charge >= 0.3 is 0 Å². The molecule has 0 nitrogen and oxygen atoms in total. The van der Waals surface area contributed by atoms with Crippen molar-refractivity contribution in [3.05, 3.63) is 30.3 Å².